The molecule has 1 aliphatic heterocycles. The second-order valence-corrected chi connectivity index (χ2v) is 2.49. The fourth-order valence-electron chi connectivity index (χ4n) is 0.802. The second kappa shape index (κ2) is 2.76. The first-order valence-electron chi connectivity index (χ1n) is 3.35. The first-order valence-corrected chi connectivity index (χ1v) is 3.35. The molecule has 1 unspecified atom stereocenters. The molecule has 68 valence electrons. The summed E-state index contributed by atoms with van der Waals surface area (Å²) in [5.74, 6) is 0.156. The van der Waals surface area contributed by atoms with E-state index in [0.29, 0.717) is 0 Å². The van der Waals surface area contributed by atoms with Gasteiger partial charge in [-0.2, -0.15) is 13.2 Å². The maximum Gasteiger partial charge on any atom is 0.430 e. The van der Waals surface area contributed by atoms with Crippen molar-refractivity contribution >= 4 is 11.5 Å². The van der Waals surface area contributed by atoms with Crippen LogP contribution in [0.25, 0.3) is 0 Å². The van der Waals surface area contributed by atoms with Crippen molar-refractivity contribution in [1.82, 2.24) is 0 Å². The smallest absolute Gasteiger partial charge is 0.386 e. The standard InChI is InChI=1S/C6H8F3N3/c1-3-5(10)11-2-4(12-3)6(7,8)9/h3H,2H2,1H3,(H2,10,11). The Kier molecular flexibility index (Phi) is 2.08. The van der Waals surface area contributed by atoms with Crippen LogP contribution < -0.4 is 5.73 Å². The van der Waals surface area contributed by atoms with Gasteiger partial charge in [0.15, 0.2) is 0 Å². The van der Waals surface area contributed by atoms with Gasteiger partial charge in [-0.25, -0.2) is 0 Å². The highest BCUT2D eigenvalue weighted by Gasteiger charge is 2.37. The van der Waals surface area contributed by atoms with Gasteiger partial charge in [-0.05, 0) is 6.92 Å². The number of aliphatic imine (C=N–C) groups is 2. The lowest BCUT2D eigenvalue weighted by Crippen LogP contribution is -2.36. The van der Waals surface area contributed by atoms with Gasteiger partial charge in [0.2, 0.25) is 0 Å². The zero-order chi connectivity index (χ0) is 9.35. The van der Waals surface area contributed by atoms with Crippen LogP contribution in [0.2, 0.25) is 0 Å². The highest BCUT2D eigenvalue weighted by atomic mass is 19.4. The Morgan fingerprint density at radius 1 is 1.50 bits per heavy atom. The summed E-state index contributed by atoms with van der Waals surface area (Å²) in [4.78, 5) is 6.87. The van der Waals surface area contributed by atoms with E-state index in [1.54, 1.807) is 0 Å². The van der Waals surface area contributed by atoms with Gasteiger partial charge in [-0.1, -0.05) is 0 Å². The van der Waals surface area contributed by atoms with Crippen molar-refractivity contribution in [3.63, 3.8) is 0 Å². The third kappa shape index (κ3) is 1.75. The topological polar surface area (TPSA) is 50.7 Å². The molecule has 1 atom stereocenters. The minimum Gasteiger partial charge on any atom is -0.386 e. The van der Waals surface area contributed by atoms with Crippen LogP contribution in [0.15, 0.2) is 9.98 Å². The van der Waals surface area contributed by atoms with E-state index in [-0.39, 0.29) is 5.84 Å². The Bertz CT molecular complexity index is 241. The van der Waals surface area contributed by atoms with Gasteiger partial charge in [0, 0.05) is 0 Å². The Labute approximate surface area is 67.2 Å². The Morgan fingerprint density at radius 2 is 2.08 bits per heavy atom. The fraction of sp³-hybridized carbons (Fsp3) is 0.667. The minimum atomic E-state index is -4.38. The fourth-order valence-corrected chi connectivity index (χ4v) is 0.802. The van der Waals surface area contributed by atoms with E-state index in [2.05, 4.69) is 9.98 Å². The van der Waals surface area contributed by atoms with E-state index in [9.17, 15) is 13.2 Å². The summed E-state index contributed by atoms with van der Waals surface area (Å²) in [5, 5.41) is 0. The molecule has 0 aromatic heterocycles. The molecule has 1 heterocycles. The highest BCUT2D eigenvalue weighted by molar-refractivity contribution is 5.99. The molecule has 0 amide bonds. The van der Waals surface area contributed by atoms with E-state index >= 15 is 0 Å². The normalized spacial score (nSPS) is 24.8. The molecule has 1 rings (SSSR count). The third-order valence-corrected chi connectivity index (χ3v) is 1.52. The van der Waals surface area contributed by atoms with Crippen molar-refractivity contribution in [2.24, 2.45) is 15.7 Å². The lowest BCUT2D eigenvalue weighted by molar-refractivity contribution is -0.0600. The predicted octanol–water partition coefficient (Wildman–Crippen LogP) is 0.749. The van der Waals surface area contributed by atoms with Gasteiger partial charge >= 0.3 is 6.18 Å². The van der Waals surface area contributed by atoms with Crippen molar-refractivity contribution in [2.45, 2.75) is 19.1 Å². The number of hydrogen-bond acceptors (Lipinski definition) is 3. The lowest BCUT2D eigenvalue weighted by Gasteiger charge is -2.16. The molecule has 0 aromatic rings. The molecular weight excluding hydrogens is 171 g/mol. The quantitative estimate of drug-likeness (QED) is 0.586. The van der Waals surface area contributed by atoms with Crippen LogP contribution in [0, 0.1) is 0 Å². The van der Waals surface area contributed by atoms with Crippen LogP contribution in [0.1, 0.15) is 6.92 Å². The van der Waals surface area contributed by atoms with Gasteiger partial charge < -0.3 is 5.73 Å². The van der Waals surface area contributed by atoms with Crippen molar-refractivity contribution < 1.29 is 13.2 Å². The molecule has 12 heavy (non-hydrogen) atoms. The van der Waals surface area contributed by atoms with Gasteiger partial charge in [0.05, 0.1) is 6.54 Å². The van der Waals surface area contributed by atoms with Crippen molar-refractivity contribution in [1.29, 1.82) is 0 Å². The minimum absolute atomic E-state index is 0.156. The molecule has 0 aromatic carbocycles. The molecule has 0 fully saturated rings. The van der Waals surface area contributed by atoms with Crippen LogP contribution in [0.5, 0.6) is 0 Å². The number of hydrogen-bond donors (Lipinski definition) is 1. The van der Waals surface area contributed by atoms with Crippen LogP contribution in [-0.4, -0.2) is 30.3 Å². The number of nitrogens with two attached hydrogens (primary N) is 1. The summed E-state index contributed by atoms with van der Waals surface area (Å²) in [6, 6.07) is -0.657. The monoisotopic (exact) mass is 179 g/mol. The van der Waals surface area contributed by atoms with E-state index in [1.807, 2.05) is 0 Å². The molecule has 2 N–H and O–H groups in total. The molecule has 0 spiro atoms. The number of nitrogens with zero attached hydrogens (tertiary/aromatic N) is 2. The summed E-state index contributed by atoms with van der Waals surface area (Å²) in [7, 11) is 0. The van der Waals surface area contributed by atoms with Gasteiger partial charge in [0.1, 0.15) is 17.6 Å². The first kappa shape index (κ1) is 9.02. The molecule has 0 radical (unpaired) electrons. The van der Waals surface area contributed by atoms with E-state index in [1.165, 1.54) is 6.92 Å². The SMILES string of the molecule is CC1N=C(C(F)(F)F)CN=C1N. The summed E-state index contributed by atoms with van der Waals surface area (Å²) in [6.45, 7) is 1.02. The van der Waals surface area contributed by atoms with Crippen LogP contribution in [-0.2, 0) is 0 Å². The summed E-state index contributed by atoms with van der Waals surface area (Å²) >= 11 is 0. The van der Waals surface area contributed by atoms with E-state index in [0.717, 1.165) is 0 Å². The maximum absolute atomic E-state index is 12.0. The summed E-state index contributed by atoms with van der Waals surface area (Å²) in [5.41, 5.74) is 4.40. The average molecular weight is 179 g/mol. The molecular formula is C6H8F3N3. The molecule has 0 bridgehead atoms. The van der Waals surface area contributed by atoms with E-state index in [4.69, 9.17) is 5.73 Å². The average Bonchev–Trinajstić information content (AvgIpc) is 1.92. The Balaban J connectivity index is 2.80. The molecule has 3 nitrogen and oxygen atoms in total. The third-order valence-electron chi connectivity index (χ3n) is 1.52. The lowest BCUT2D eigenvalue weighted by atomic mass is 10.2. The zero-order valence-electron chi connectivity index (χ0n) is 6.39. The Morgan fingerprint density at radius 3 is 2.50 bits per heavy atom. The summed E-state index contributed by atoms with van der Waals surface area (Å²) < 4.78 is 36.0. The van der Waals surface area contributed by atoms with Crippen LogP contribution in [0.4, 0.5) is 13.2 Å². The Hall–Kier alpha value is -1.07. The number of halogens is 3. The van der Waals surface area contributed by atoms with E-state index < -0.39 is 24.5 Å². The summed E-state index contributed by atoms with van der Waals surface area (Å²) in [6.07, 6.45) is -4.38. The van der Waals surface area contributed by atoms with Crippen molar-refractivity contribution in [2.75, 3.05) is 6.54 Å². The van der Waals surface area contributed by atoms with Gasteiger partial charge in [0.25, 0.3) is 0 Å². The maximum atomic E-state index is 12.0. The van der Waals surface area contributed by atoms with Crippen molar-refractivity contribution in [3.8, 4) is 0 Å². The predicted molar refractivity (Wildman–Crippen MR) is 39.4 cm³/mol. The van der Waals surface area contributed by atoms with Crippen LogP contribution in [0.3, 0.4) is 0 Å². The van der Waals surface area contributed by atoms with Gasteiger partial charge in [-0.3, -0.25) is 9.98 Å². The van der Waals surface area contributed by atoms with Crippen molar-refractivity contribution in [3.05, 3.63) is 0 Å². The number of alkyl halides is 3. The molecule has 0 saturated heterocycles. The number of amidine groups is 1. The molecule has 0 aliphatic carbocycles. The zero-order valence-corrected chi connectivity index (χ0v) is 6.39. The van der Waals surface area contributed by atoms with Gasteiger partial charge in [-0.15, -0.1) is 0 Å². The highest BCUT2D eigenvalue weighted by Crippen LogP contribution is 2.20. The molecule has 6 heteroatoms. The number of rotatable bonds is 0. The second-order valence-electron chi connectivity index (χ2n) is 2.49. The largest absolute Gasteiger partial charge is 0.430 e. The first-order chi connectivity index (χ1) is 5.41. The van der Waals surface area contributed by atoms with Crippen LogP contribution >= 0.6 is 0 Å². The molecule has 1 aliphatic rings. The molecule has 0 saturated carbocycles.